The maximum Gasteiger partial charge on any atom is 0.0235 e. The minimum atomic E-state index is 0.873. The molecule has 3 heteroatoms. The standard InChI is InChI=1S/C11H22N2S/c14-9-3-5-12-8-4-11(10-12)13-6-1-2-7-13/h11,14H,1-10H2. The molecule has 0 aromatic carbocycles. The molecular formula is C11H22N2S. The lowest BCUT2D eigenvalue weighted by Crippen LogP contribution is -2.35. The van der Waals surface area contributed by atoms with Crippen LogP contribution in [-0.2, 0) is 0 Å². The lowest BCUT2D eigenvalue weighted by atomic mass is 10.2. The fourth-order valence-corrected chi connectivity index (χ4v) is 2.86. The van der Waals surface area contributed by atoms with Crippen LogP contribution < -0.4 is 0 Å². The van der Waals surface area contributed by atoms with Crippen molar-refractivity contribution in [3.63, 3.8) is 0 Å². The number of thiol groups is 1. The van der Waals surface area contributed by atoms with E-state index in [1.54, 1.807) is 0 Å². The Morgan fingerprint density at radius 1 is 1.14 bits per heavy atom. The molecule has 0 aromatic heterocycles. The monoisotopic (exact) mass is 214 g/mol. The normalized spacial score (nSPS) is 30.2. The third kappa shape index (κ3) is 2.65. The molecule has 2 aliphatic heterocycles. The van der Waals surface area contributed by atoms with E-state index in [0.717, 1.165) is 11.8 Å². The van der Waals surface area contributed by atoms with Gasteiger partial charge in [-0.05, 0) is 57.6 Å². The van der Waals surface area contributed by atoms with E-state index in [2.05, 4.69) is 22.4 Å². The molecule has 2 nitrogen and oxygen atoms in total. The van der Waals surface area contributed by atoms with Gasteiger partial charge in [-0.1, -0.05) is 0 Å². The Kier molecular flexibility index (Phi) is 4.14. The summed E-state index contributed by atoms with van der Waals surface area (Å²) >= 11 is 4.27. The minimum Gasteiger partial charge on any atom is -0.302 e. The zero-order valence-electron chi connectivity index (χ0n) is 8.99. The summed E-state index contributed by atoms with van der Waals surface area (Å²) in [6, 6.07) is 0.873. The molecule has 0 N–H and O–H groups in total. The number of rotatable bonds is 4. The Balaban J connectivity index is 1.71. The van der Waals surface area contributed by atoms with Gasteiger partial charge in [0.1, 0.15) is 0 Å². The van der Waals surface area contributed by atoms with Gasteiger partial charge >= 0.3 is 0 Å². The van der Waals surface area contributed by atoms with Crippen LogP contribution in [-0.4, -0.2) is 54.3 Å². The molecule has 0 amide bonds. The van der Waals surface area contributed by atoms with Gasteiger partial charge in [-0.3, -0.25) is 4.90 Å². The number of likely N-dealkylation sites (tertiary alicyclic amines) is 2. The number of hydrogen-bond donors (Lipinski definition) is 1. The SMILES string of the molecule is SCCCN1CCC(N2CCCC2)C1. The van der Waals surface area contributed by atoms with Crippen molar-refractivity contribution < 1.29 is 0 Å². The predicted molar refractivity (Wildman–Crippen MR) is 64.1 cm³/mol. The van der Waals surface area contributed by atoms with Gasteiger partial charge in [-0.25, -0.2) is 0 Å². The van der Waals surface area contributed by atoms with Crippen molar-refractivity contribution >= 4 is 12.6 Å². The van der Waals surface area contributed by atoms with E-state index in [9.17, 15) is 0 Å². The van der Waals surface area contributed by atoms with Crippen molar-refractivity contribution in [3.05, 3.63) is 0 Å². The van der Waals surface area contributed by atoms with E-state index >= 15 is 0 Å². The fourth-order valence-electron chi connectivity index (χ4n) is 2.71. The summed E-state index contributed by atoms with van der Waals surface area (Å²) in [5.41, 5.74) is 0. The molecule has 2 aliphatic rings. The van der Waals surface area contributed by atoms with Gasteiger partial charge < -0.3 is 4.90 Å². The van der Waals surface area contributed by atoms with Crippen molar-refractivity contribution in [2.75, 3.05) is 38.5 Å². The second kappa shape index (κ2) is 5.38. The molecule has 0 bridgehead atoms. The summed E-state index contributed by atoms with van der Waals surface area (Å²) in [4.78, 5) is 5.31. The van der Waals surface area contributed by atoms with E-state index < -0.39 is 0 Å². The van der Waals surface area contributed by atoms with E-state index in [1.165, 1.54) is 58.4 Å². The lowest BCUT2D eigenvalue weighted by Gasteiger charge is -2.23. The zero-order chi connectivity index (χ0) is 9.80. The van der Waals surface area contributed by atoms with E-state index in [-0.39, 0.29) is 0 Å². The first kappa shape index (κ1) is 10.8. The van der Waals surface area contributed by atoms with E-state index in [1.807, 2.05) is 0 Å². The Labute approximate surface area is 93.1 Å². The average Bonchev–Trinajstić information content (AvgIpc) is 2.85. The van der Waals surface area contributed by atoms with Crippen LogP contribution in [0.15, 0.2) is 0 Å². The van der Waals surface area contributed by atoms with Gasteiger partial charge in [-0.2, -0.15) is 12.6 Å². The van der Waals surface area contributed by atoms with Crippen LogP contribution in [0.2, 0.25) is 0 Å². The lowest BCUT2D eigenvalue weighted by molar-refractivity contribution is 0.232. The van der Waals surface area contributed by atoms with Crippen molar-refractivity contribution in [2.45, 2.75) is 31.7 Å². The summed E-state index contributed by atoms with van der Waals surface area (Å²) < 4.78 is 0. The molecule has 2 rings (SSSR count). The molecule has 2 saturated heterocycles. The molecule has 0 saturated carbocycles. The van der Waals surface area contributed by atoms with Crippen molar-refractivity contribution in [3.8, 4) is 0 Å². The highest BCUT2D eigenvalue weighted by Crippen LogP contribution is 2.20. The second-order valence-electron chi connectivity index (χ2n) is 4.56. The molecule has 0 spiro atoms. The van der Waals surface area contributed by atoms with Crippen LogP contribution in [0.25, 0.3) is 0 Å². The first-order chi connectivity index (χ1) is 6.90. The molecule has 82 valence electrons. The number of nitrogens with zero attached hydrogens (tertiary/aromatic N) is 2. The van der Waals surface area contributed by atoms with Gasteiger partial charge in [0, 0.05) is 12.6 Å². The fraction of sp³-hybridized carbons (Fsp3) is 1.00. The van der Waals surface area contributed by atoms with E-state index in [0.29, 0.717) is 0 Å². The Bertz CT molecular complexity index is 169. The van der Waals surface area contributed by atoms with Gasteiger partial charge in [0.25, 0.3) is 0 Å². The molecule has 0 radical (unpaired) electrons. The summed E-state index contributed by atoms with van der Waals surface area (Å²) in [5, 5.41) is 0. The first-order valence-corrected chi connectivity index (χ1v) is 6.60. The molecule has 1 atom stereocenters. The van der Waals surface area contributed by atoms with Gasteiger partial charge in [0.15, 0.2) is 0 Å². The van der Waals surface area contributed by atoms with Gasteiger partial charge in [0.2, 0.25) is 0 Å². The summed E-state index contributed by atoms with van der Waals surface area (Å²) in [6.45, 7) is 6.59. The smallest absolute Gasteiger partial charge is 0.0235 e. The zero-order valence-corrected chi connectivity index (χ0v) is 9.88. The highest BCUT2D eigenvalue weighted by molar-refractivity contribution is 7.80. The molecular weight excluding hydrogens is 192 g/mol. The van der Waals surface area contributed by atoms with Crippen LogP contribution in [0, 0.1) is 0 Å². The van der Waals surface area contributed by atoms with Crippen LogP contribution in [0.5, 0.6) is 0 Å². The van der Waals surface area contributed by atoms with Gasteiger partial charge in [-0.15, -0.1) is 0 Å². The average molecular weight is 214 g/mol. The third-order valence-electron chi connectivity index (χ3n) is 3.54. The summed E-state index contributed by atoms with van der Waals surface area (Å²) in [5.74, 6) is 1.03. The van der Waals surface area contributed by atoms with Crippen LogP contribution in [0.3, 0.4) is 0 Å². The number of hydrogen-bond acceptors (Lipinski definition) is 3. The molecule has 1 unspecified atom stereocenters. The van der Waals surface area contributed by atoms with Crippen LogP contribution in [0.1, 0.15) is 25.7 Å². The van der Waals surface area contributed by atoms with Crippen molar-refractivity contribution in [1.82, 2.24) is 9.80 Å². The minimum absolute atomic E-state index is 0.873. The largest absolute Gasteiger partial charge is 0.302 e. The van der Waals surface area contributed by atoms with Crippen molar-refractivity contribution in [2.24, 2.45) is 0 Å². The maximum atomic E-state index is 4.27. The summed E-state index contributed by atoms with van der Waals surface area (Å²) in [6.07, 6.45) is 5.49. The molecule has 2 heterocycles. The first-order valence-electron chi connectivity index (χ1n) is 5.97. The van der Waals surface area contributed by atoms with Crippen LogP contribution >= 0.6 is 12.6 Å². The molecule has 0 aliphatic carbocycles. The Morgan fingerprint density at radius 2 is 1.93 bits per heavy atom. The molecule has 0 aromatic rings. The third-order valence-corrected chi connectivity index (χ3v) is 3.85. The molecule has 2 fully saturated rings. The van der Waals surface area contributed by atoms with Crippen LogP contribution in [0.4, 0.5) is 0 Å². The highest BCUT2D eigenvalue weighted by atomic mass is 32.1. The maximum absolute atomic E-state index is 4.27. The quantitative estimate of drug-likeness (QED) is 0.708. The molecule has 14 heavy (non-hydrogen) atoms. The topological polar surface area (TPSA) is 6.48 Å². The van der Waals surface area contributed by atoms with E-state index in [4.69, 9.17) is 0 Å². The Morgan fingerprint density at radius 3 is 2.64 bits per heavy atom. The van der Waals surface area contributed by atoms with Gasteiger partial charge in [0.05, 0.1) is 0 Å². The second-order valence-corrected chi connectivity index (χ2v) is 5.01. The summed E-state index contributed by atoms with van der Waals surface area (Å²) in [7, 11) is 0. The predicted octanol–water partition coefficient (Wildman–Crippen LogP) is 1.48. The highest BCUT2D eigenvalue weighted by Gasteiger charge is 2.28. The van der Waals surface area contributed by atoms with Crippen molar-refractivity contribution in [1.29, 1.82) is 0 Å². The Hall–Kier alpha value is 0.270.